The van der Waals surface area contributed by atoms with E-state index < -0.39 is 0 Å². The fourth-order valence-corrected chi connectivity index (χ4v) is 1.50. The normalized spacial score (nSPS) is 10.0. The highest BCUT2D eigenvalue weighted by Gasteiger charge is 1.96. The number of methoxy groups -OCH3 is 1. The molecule has 0 aliphatic rings. The average Bonchev–Trinajstić information content (AvgIpc) is 2.39. The van der Waals surface area contributed by atoms with Crippen molar-refractivity contribution < 1.29 is 4.74 Å². The van der Waals surface area contributed by atoms with Gasteiger partial charge in [-0.15, -0.1) is 0 Å². The van der Waals surface area contributed by atoms with E-state index in [1.54, 1.807) is 13.3 Å². The van der Waals surface area contributed by atoms with Gasteiger partial charge in [0.15, 0.2) is 0 Å². The summed E-state index contributed by atoms with van der Waals surface area (Å²) in [4.78, 5) is 4.25. The number of benzene rings is 1. The van der Waals surface area contributed by atoms with Crippen LogP contribution in [0.5, 0.6) is 5.75 Å². The van der Waals surface area contributed by atoms with Crippen molar-refractivity contribution in [2.45, 2.75) is 13.5 Å². The summed E-state index contributed by atoms with van der Waals surface area (Å²) in [5.41, 5.74) is 2.52. The molecule has 0 aliphatic heterocycles. The molecule has 0 amide bonds. The molecule has 3 nitrogen and oxygen atoms in total. The van der Waals surface area contributed by atoms with Crippen LogP contribution in [0.2, 0.25) is 0 Å². The van der Waals surface area contributed by atoms with Crippen molar-refractivity contribution in [2.24, 2.45) is 0 Å². The zero-order valence-corrected chi connectivity index (χ0v) is 10.1. The third-order valence-corrected chi connectivity index (χ3v) is 2.57. The van der Waals surface area contributed by atoms with Crippen molar-refractivity contribution in [3.63, 3.8) is 0 Å². The summed E-state index contributed by atoms with van der Waals surface area (Å²) in [5.74, 6) is 1.62. The first-order valence-electron chi connectivity index (χ1n) is 5.57. The lowest BCUT2D eigenvalue weighted by Crippen LogP contribution is -2.01. The molecular formula is C14H16N2O. The Morgan fingerprint density at radius 2 is 1.88 bits per heavy atom. The molecule has 1 heterocycles. The topological polar surface area (TPSA) is 34.1 Å². The molecule has 0 unspecified atom stereocenters. The molecule has 0 spiro atoms. The fraction of sp³-hybridized carbons (Fsp3) is 0.214. The summed E-state index contributed by atoms with van der Waals surface area (Å²) in [6, 6.07) is 12.3. The molecule has 0 radical (unpaired) electrons. The van der Waals surface area contributed by atoms with Crippen LogP contribution in [0, 0.1) is 6.92 Å². The monoisotopic (exact) mass is 228 g/mol. The van der Waals surface area contributed by atoms with Crippen LogP contribution in [0.1, 0.15) is 11.1 Å². The van der Waals surface area contributed by atoms with E-state index in [2.05, 4.69) is 41.5 Å². The predicted octanol–water partition coefficient (Wildman–Crippen LogP) is 3.01. The summed E-state index contributed by atoms with van der Waals surface area (Å²) in [6.45, 7) is 2.86. The van der Waals surface area contributed by atoms with Gasteiger partial charge in [-0.2, -0.15) is 0 Å². The second kappa shape index (κ2) is 5.34. The summed E-state index contributed by atoms with van der Waals surface area (Å²) in [5, 5.41) is 3.27. The average molecular weight is 228 g/mol. The molecule has 1 aromatic carbocycles. The summed E-state index contributed by atoms with van der Waals surface area (Å²) < 4.78 is 5.05. The van der Waals surface area contributed by atoms with Gasteiger partial charge in [0.1, 0.15) is 11.6 Å². The van der Waals surface area contributed by atoms with E-state index in [4.69, 9.17) is 4.74 Å². The van der Waals surface area contributed by atoms with Crippen molar-refractivity contribution in [3.05, 3.63) is 53.7 Å². The highest BCUT2D eigenvalue weighted by atomic mass is 16.5. The van der Waals surface area contributed by atoms with Gasteiger partial charge in [-0.1, -0.05) is 29.8 Å². The second-order valence-corrected chi connectivity index (χ2v) is 3.92. The Kier molecular flexibility index (Phi) is 3.60. The predicted molar refractivity (Wildman–Crippen MR) is 69.3 cm³/mol. The van der Waals surface area contributed by atoms with Crippen LogP contribution in [0.3, 0.4) is 0 Å². The van der Waals surface area contributed by atoms with Crippen molar-refractivity contribution in [2.75, 3.05) is 12.4 Å². The van der Waals surface area contributed by atoms with Crippen LogP contribution in [-0.4, -0.2) is 12.1 Å². The van der Waals surface area contributed by atoms with E-state index in [0.717, 1.165) is 18.1 Å². The standard InChI is InChI=1S/C14H16N2O/c1-11-3-5-12(6-4-11)9-15-14-8-7-13(17-2)10-16-14/h3-8,10H,9H2,1-2H3,(H,15,16). The lowest BCUT2D eigenvalue weighted by atomic mass is 10.1. The summed E-state index contributed by atoms with van der Waals surface area (Å²) in [7, 11) is 1.64. The maximum absolute atomic E-state index is 5.05. The number of pyridine rings is 1. The summed E-state index contributed by atoms with van der Waals surface area (Å²) in [6.07, 6.45) is 1.71. The molecule has 3 heteroatoms. The van der Waals surface area contributed by atoms with Gasteiger partial charge in [0, 0.05) is 6.54 Å². The minimum absolute atomic E-state index is 0.769. The number of nitrogens with one attached hydrogen (secondary N) is 1. The molecule has 0 fully saturated rings. The van der Waals surface area contributed by atoms with Crippen molar-refractivity contribution in [3.8, 4) is 5.75 Å². The largest absolute Gasteiger partial charge is 0.495 e. The maximum Gasteiger partial charge on any atom is 0.137 e. The fourth-order valence-electron chi connectivity index (χ4n) is 1.50. The Hall–Kier alpha value is -2.03. The molecule has 1 aromatic heterocycles. The van der Waals surface area contributed by atoms with Crippen LogP contribution >= 0.6 is 0 Å². The molecule has 1 N–H and O–H groups in total. The van der Waals surface area contributed by atoms with E-state index in [0.29, 0.717) is 0 Å². The first kappa shape index (κ1) is 11.5. The second-order valence-electron chi connectivity index (χ2n) is 3.92. The molecule has 2 rings (SSSR count). The molecule has 17 heavy (non-hydrogen) atoms. The van der Waals surface area contributed by atoms with Crippen LogP contribution in [0.15, 0.2) is 42.6 Å². The molecule has 0 saturated heterocycles. The SMILES string of the molecule is COc1ccc(NCc2ccc(C)cc2)nc1. The minimum Gasteiger partial charge on any atom is -0.495 e. The van der Waals surface area contributed by atoms with E-state index >= 15 is 0 Å². The van der Waals surface area contributed by atoms with Gasteiger partial charge in [-0.05, 0) is 24.6 Å². The molecular weight excluding hydrogens is 212 g/mol. The molecule has 0 bridgehead atoms. The molecule has 88 valence electrons. The number of ether oxygens (including phenoxy) is 1. The number of rotatable bonds is 4. The highest BCUT2D eigenvalue weighted by Crippen LogP contribution is 2.12. The van der Waals surface area contributed by atoms with Gasteiger partial charge in [-0.3, -0.25) is 0 Å². The van der Waals surface area contributed by atoms with Gasteiger partial charge < -0.3 is 10.1 Å². The molecule has 0 aliphatic carbocycles. The Balaban J connectivity index is 1.95. The van der Waals surface area contributed by atoms with Crippen LogP contribution in [-0.2, 0) is 6.54 Å². The summed E-state index contributed by atoms with van der Waals surface area (Å²) >= 11 is 0. The third-order valence-electron chi connectivity index (χ3n) is 2.57. The van der Waals surface area contributed by atoms with E-state index in [-0.39, 0.29) is 0 Å². The Morgan fingerprint density at radius 1 is 1.12 bits per heavy atom. The lowest BCUT2D eigenvalue weighted by molar-refractivity contribution is 0.413. The van der Waals surface area contributed by atoms with Crippen molar-refractivity contribution >= 4 is 5.82 Å². The van der Waals surface area contributed by atoms with Gasteiger partial charge in [0.05, 0.1) is 13.3 Å². The Labute approximate surface area is 101 Å². The van der Waals surface area contributed by atoms with Gasteiger partial charge >= 0.3 is 0 Å². The Bertz CT molecular complexity index is 463. The third kappa shape index (κ3) is 3.21. The maximum atomic E-state index is 5.05. The molecule has 0 atom stereocenters. The van der Waals surface area contributed by atoms with Gasteiger partial charge in [0.25, 0.3) is 0 Å². The van der Waals surface area contributed by atoms with Gasteiger partial charge in [-0.25, -0.2) is 4.98 Å². The van der Waals surface area contributed by atoms with Gasteiger partial charge in [0.2, 0.25) is 0 Å². The quantitative estimate of drug-likeness (QED) is 0.873. The number of aromatic nitrogens is 1. The number of hydrogen-bond donors (Lipinski definition) is 1. The zero-order valence-electron chi connectivity index (χ0n) is 10.1. The lowest BCUT2D eigenvalue weighted by Gasteiger charge is -2.06. The highest BCUT2D eigenvalue weighted by molar-refractivity contribution is 5.38. The molecule has 2 aromatic rings. The zero-order chi connectivity index (χ0) is 12.1. The van der Waals surface area contributed by atoms with Crippen molar-refractivity contribution in [1.82, 2.24) is 4.98 Å². The van der Waals surface area contributed by atoms with E-state index in [1.807, 2.05) is 12.1 Å². The minimum atomic E-state index is 0.769. The number of anilines is 1. The number of hydrogen-bond acceptors (Lipinski definition) is 3. The molecule has 0 saturated carbocycles. The van der Waals surface area contributed by atoms with Crippen LogP contribution < -0.4 is 10.1 Å². The van der Waals surface area contributed by atoms with E-state index in [9.17, 15) is 0 Å². The van der Waals surface area contributed by atoms with E-state index in [1.165, 1.54) is 11.1 Å². The first-order chi connectivity index (χ1) is 8.28. The van der Waals surface area contributed by atoms with Crippen LogP contribution in [0.4, 0.5) is 5.82 Å². The van der Waals surface area contributed by atoms with Crippen LogP contribution in [0.25, 0.3) is 0 Å². The van der Waals surface area contributed by atoms with Crippen molar-refractivity contribution in [1.29, 1.82) is 0 Å². The first-order valence-corrected chi connectivity index (χ1v) is 5.57. The Morgan fingerprint density at radius 3 is 2.47 bits per heavy atom. The smallest absolute Gasteiger partial charge is 0.137 e. The number of nitrogens with zero attached hydrogens (tertiary/aromatic N) is 1. The number of aryl methyl sites for hydroxylation is 1.